The first-order valence-corrected chi connectivity index (χ1v) is 7.19. The van der Waals surface area contributed by atoms with E-state index in [9.17, 15) is 8.42 Å². The molecule has 19 heavy (non-hydrogen) atoms. The van der Waals surface area contributed by atoms with Crippen LogP contribution in [0.1, 0.15) is 5.56 Å². The molecule has 0 bridgehead atoms. The van der Waals surface area contributed by atoms with Gasteiger partial charge in [-0.2, -0.15) is 4.31 Å². The molecule has 104 valence electrons. The van der Waals surface area contributed by atoms with Gasteiger partial charge in [0.05, 0.1) is 17.7 Å². The first kappa shape index (κ1) is 15.4. The minimum atomic E-state index is -3.55. The van der Waals surface area contributed by atoms with E-state index < -0.39 is 10.0 Å². The fourth-order valence-corrected chi connectivity index (χ4v) is 2.82. The molecule has 0 atom stereocenters. The molecule has 1 rings (SSSR count). The van der Waals surface area contributed by atoms with E-state index in [4.69, 9.17) is 0 Å². The van der Waals surface area contributed by atoms with Gasteiger partial charge in [-0.05, 0) is 19.1 Å². The Balaban J connectivity index is 3.01. The van der Waals surface area contributed by atoms with Crippen molar-refractivity contribution in [3.8, 4) is 0 Å². The lowest BCUT2D eigenvalue weighted by Crippen LogP contribution is -2.32. The fourth-order valence-electron chi connectivity index (χ4n) is 1.47. The summed E-state index contributed by atoms with van der Waals surface area (Å²) >= 11 is 0. The minimum absolute atomic E-state index is 0.135. The Morgan fingerprint density at radius 3 is 2.47 bits per heavy atom. The molecule has 0 saturated heterocycles. The zero-order valence-electron chi connectivity index (χ0n) is 11.1. The topological polar surface area (TPSA) is 59.0 Å². The Kier molecular flexibility index (Phi) is 5.72. The van der Waals surface area contributed by atoms with Crippen LogP contribution in [0.15, 0.2) is 47.0 Å². The second-order valence-electron chi connectivity index (χ2n) is 3.89. The molecular weight excluding hydrogens is 264 g/mol. The van der Waals surface area contributed by atoms with Crippen LogP contribution in [0.3, 0.4) is 0 Å². The molecule has 0 amide bonds. The number of rotatable bonds is 7. The number of nitrogens with zero attached hydrogens (tertiary/aromatic N) is 2. The van der Waals surface area contributed by atoms with Crippen molar-refractivity contribution in [1.82, 2.24) is 4.31 Å². The van der Waals surface area contributed by atoms with Crippen LogP contribution in [0.4, 0.5) is 0 Å². The van der Waals surface area contributed by atoms with Gasteiger partial charge in [0, 0.05) is 6.54 Å². The first-order valence-electron chi connectivity index (χ1n) is 5.75. The van der Waals surface area contributed by atoms with Crippen molar-refractivity contribution in [2.24, 2.45) is 5.16 Å². The summed E-state index contributed by atoms with van der Waals surface area (Å²) in [6.45, 7) is 5.82. The van der Waals surface area contributed by atoms with Crippen LogP contribution >= 0.6 is 0 Å². The van der Waals surface area contributed by atoms with Crippen molar-refractivity contribution in [2.75, 3.05) is 20.2 Å². The van der Waals surface area contributed by atoms with Crippen LogP contribution in [0.5, 0.6) is 0 Å². The van der Waals surface area contributed by atoms with Crippen molar-refractivity contribution >= 4 is 16.2 Å². The molecular formula is C13H18N2O3S. The SMILES string of the molecule is C=CCN(C/C=N/OC)S(=O)(=O)c1ccc(C)cc1. The maximum absolute atomic E-state index is 12.4. The van der Waals surface area contributed by atoms with Gasteiger partial charge in [0.2, 0.25) is 10.0 Å². The Labute approximate surface area is 114 Å². The van der Waals surface area contributed by atoms with Gasteiger partial charge in [-0.15, -0.1) is 6.58 Å². The van der Waals surface area contributed by atoms with Crippen LogP contribution in [-0.2, 0) is 14.9 Å². The highest BCUT2D eigenvalue weighted by atomic mass is 32.2. The van der Waals surface area contributed by atoms with E-state index in [0.717, 1.165) is 5.56 Å². The third kappa shape index (κ3) is 4.18. The average Bonchev–Trinajstić information content (AvgIpc) is 2.38. The van der Waals surface area contributed by atoms with E-state index in [0.29, 0.717) is 0 Å². The number of aryl methyl sites for hydroxylation is 1. The predicted molar refractivity (Wildman–Crippen MR) is 75.6 cm³/mol. The van der Waals surface area contributed by atoms with Gasteiger partial charge in [-0.1, -0.05) is 28.9 Å². The molecule has 0 saturated carbocycles. The van der Waals surface area contributed by atoms with E-state index >= 15 is 0 Å². The molecule has 0 spiro atoms. The molecule has 0 aromatic heterocycles. The fraction of sp³-hybridized carbons (Fsp3) is 0.308. The molecule has 0 aliphatic rings. The van der Waals surface area contributed by atoms with E-state index in [1.165, 1.54) is 23.7 Å². The smallest absolute Gasteiger partial charge is 0.243 e. The number of sulfonamides is 1. The number of benzene rings is 1. The number of oxime groups is 1. The van der Waals surface area contributed by atoms with Crippen LogP contribution in [0.25, 0.3) is 0 Å². The summed E-state index contributed by atoms with van der Waals surface area (Å²) < 4.78 is 26.1. The summed E-state index contributed by atoms with van der Waals surface area (Å²) in [4.78, 5) is 4.78. The highest BCUT2D eigenvalue weighted by molar-refractivity contribution is 7.89. The van der Waals surface area contributed by atoms with Crippen LogP contribution in [-0.4, -0.2) is 39.1 Å². The summed E-state index contributed by atoms with van der Waals surface area (Å²) in [6.07, 6.45) is 2.93. The zero-order valence-corrected chi connectivity index (χ0v) is 11.9. The highest BCUT2D eigenvalue weighted by Gasteiger charge is 2.22. The van der Waals surface area contributed by atoms with Crippen molar-refractivity contribution in [2.45, 2.75) is 11.8 Å². The van der Waals surface area contributed by atoms with Crippen LogP contribution in [0.2, 0.25) is 0 Å². The average molecular weight is 282 g/mol. The standard InChI is InChI=1S/C13H18N2O3S/c1-4-10-15(11-9-14-18-3)19(16,17)13-7-5-12(2)6-8-13/h4-9H,1,10-11H2,2-3H3/b14-9+. The Morgan fingerprint density at radius 2 is 1.95 bits per heavy atom. The Morgan fingerprint density at radius 1 is 1.32 bits per heavy atom. The second kappa shape index (κ2) is 7.06. The van der Waals surface area contributed by atoms with E-state index in [-0.39, 0.29) is 18.0 Å². The molecule has 0 aliphatic heterocycles. The predicted octanol–water partition coefficient (Wildman–Crippen LogP) is 1.80. The van der Waals surface area contributed by atoms with Crippen molar-refractivity contribution in [3.63, 3.8) is 0 Å². The van der Waals surface area contributed by atoms with Gasteiger partial charge < -0.3 is 4.84 Å². The molecule has 0 N–H and O–H groups in total. The lowest BCUT2D eigenvalue weighted by molar-refractivity contribution is 0.214. The van der Waals surface area contributed by atoms with Crippen molar-refractivity contribution < 1.29 is 13.3 Å². The maximum Gasteiger partial charge on any atom is 0.243 e. The summed E-state index contributed by atoms with van der Waals surface area (Å²) in [5, 5.41) is 3.55. The second-order valence-corrected chi connectivity index (χ2v) is 5.83. The molecule has 0 heterocycles. The van der Waals surface area contributed by atoms with Crippen molar-refractivity contribution in [3.05, 3.63) is 42.5 Å². The number of hydrogen-bond acceptors (Lipinski definition) is 4. The van der Waals surface area contributed by atoms with Gasteiger partial charge in [0.1, 0.15) is 7.11 Å². The monoisotopic (exact) mass is 282 g/mol. The van der Waals surface area contributed by atoms with E-state index in [2.05, 4.69) is 16.6 Å². The normalized spacial score (nSPS) is 11.9. The van der Waals surface area contributed by atoms with Gasteiger partial charge >= 0.3 is 0 Å². The largest absolute Gasteiger partial charge is 0.399 e. The Bertz CT molecular complexity index is 536. The molecule has 0 aliphatic carbocycles. The summed E-state index contributed by atoms with van der Waals surface area (Å²) in [5.74, 6) is 0. The Hall–Kier alpha value is -1.66. The third-order valence-corrected chi connectivity index (χ3v) is 4.30. The summed E-state index contributed by atoms with van der Waals surface area (Å²) in [6, 6.07) is 6.72. The zero-order chi connectivity index (χ0) is 14.3. The molecule has 1 aromatic rings. The van der Waals surface area contributed by atoms with Crippen LogP contribution in [0, 0.1) is 6.92 Å². The lowest BCUT2D eigenvalue weighted by Gasteiger charge is -2.18. The maximum atomic E-state index is 12.4. The van der Waals surface area contributed by atoms with Crippen molar-refractivity contribution in [1.29, 1.82) is 0 Å². The molecule has 5 nitrogen and oxygen atoms in total. The van der Waals surface area contributed by atoms with Gasteiger partial charge in [-0.25, -0.2) is 8.42 Å². The van der Waals surface area contributed by atoms with E-state index in [1.807, 2.05) is 6.92 Å². The van der Waals surface area contributed by atoms with Crippen LogP contribution < -0.4 is 0 Å². The van der Waals surface area contributed by atoms with Gasteiger partial charge in [-0.3, -0.25) is 0 Å². The van der Waals surface area contributed by atoms with E-state index in [1.54, 1.807) is 24.3 Å². The van der Waals surface area contributed by atoms with Gasteiger partial charge in [0.15, 0.2) is 0 Å². The summed E-state index contributed by atoms with van der Waals surface area (Å²) in [7, 11) is -2.14. The molecule has 0 radical (unpaired) electrons. The lowest BCUT2D eigenvalue weighted by atomic mass is 10.2. The summed E-state index contributed by atoms with van der Waals surface area (Å²) in [5.41, 5.74) is 1.01. The highest BCUT2D eigenvalue weighted by Crippen LogP contribution is 2.15. The molecule has 0 fully saturated rings. The molecule has 1 aromatic carbocycles. The molecule has 0 unspecified atom stereocenters. The number of hydrogen-bond donors (Lipinski definition) is 0. The molecule has 6 heteroatoms. The third-order valence-electron chi connectivity index (χ3n) is 2.46. The first-order chi connectivity index (χ1) is 9.02. The quantitative estimate of drug-likeness (QED) is 0.435. The minimum Gasteiger partial charge on any atom is -0.399 e. The van der Waals surface area contributed by atoms with Gasteiger partial charge in [0.25, 0.3) is 0 Å².